The highest BCUT2D eigenvalue weighted by atomic mass is 35.5. The molecular weight excluding hydrogens is 209 g/mol. The standard InChI is InChI=1S/C9H12ClNO.ClH/c1-8(10)4-5-11-7-9-3-2-6-12-9;/h2-4,6,11H,5,7H2,1H3;1H/b8-4+;. The summed E-state index contributed by atoms with van der Waals surface area (Å²) in [5, 5.41) is 3.97. The van der Waals surface area contributed by atoms with E-state index in [1.54, 1.807) is 6.26 Å². The van der Waals surface area contributed by atoms with Crippen molar-refractivity contribution in [3.05, 3.63) is 35.3 Å². The number of allylic oxidation sites excluding steroid dienone is 1. The second-order valence-electron chi connectivity index (χ2n) is 2.50. The summed E-state index contributed by atoms with van der Waals surface area (Å²) in [6.45, 7) is 3.37. The van der Waals surface area contributed by atoms with Crippen LogP contribution < -0.4 is 5.32 Å². The van der Waals surface area contributed by atoms with Crippen LogP contribution in [0.3, 0.4) is 0 Å². The fourth-order valence-electron chi connectivity index (χ4n) is 0.821. The summed E-state index contributed by atoms with van der Waals surface area (Å²) in [6, 6.07) is 3.81. The van der Waals surface area contributed by atoms with Crippen molar-refractivity contribution in [2.24, 2.45) is 0 Å². The lowest BCUT2D eigenvalue weighted by atomic mass is 10.4. The lowest BCUT2D eigenvalue weighted by Gasteiger charge is -1.97. The Bertz CT molecular complexity index is 240. The van der Waals surface area contributed by atoms with Crippen LogP contribution >= 0.6 is 24.0 Å². The van der Waals surface area contributed by atoms with Crippen LogP contribution in [0.4, 0.5) is 0 Å². The van der Waals surface area contributed by atoms with E-state index in [1.165, 1.54) is 0 Å². The largest absolute Gasteiger partial charge is 0.468 e. The monoisotopic (exact) mass is 221 g/mol. The molecule has 0 amide bonds. The normalized spacial score (nSPS) is 11.1. The Morgan fingerprint density at radius 1 is 1.69 bits per heavy atom. The van der Waals surface area contributed by atoms with Crippen LogP contribution in [0, 0.1) is 0 Å². The van der Waals surface area contributed by atoms with Gasteiger partial charge in [-0.25, -0.2) is 0 Å². The molecule has 0 unspecified atom stereocenters. The molecule has 74 valence electrons. The van der Waals surface area contributed by atoms with Gasteiger partial charge in [0.05, 0.1) is 12.8 Å². The van der Waals surface area contributed by atoms with Crippen molar-refractivity contribution in [3.8, 4) is 0 Å². The Kier molecular flexibility index (Phi) is 6.77. The number of nitrogens with one attached hydrogen (secondary N) is 1. The Labute approximate surface area is 89.4 Å². The summed E-state index contributed by atoms with van der Waals surface area (Å²) in [4.78, 5) is 0. The number of hydrogen-bond acceptors (Lipinski definition) is 2. The molecule has 1 heterocycles. The maximum Gasteiger partial charge on any atom is 0.117 e. The SMILES string of the molecule is C/C(Cl)=C\CNCc1ccco1.Cl. The first-order valence-corrected chi connectivity index (χ1v) is 4.22. The van der Waals surface area contributed by atoms with Crippen molar-refractivity contribution < 1.29 is 4.42 Å². The number of furan rings is 1. The van der Waals surface area contributed by atoms with Crippen LogP contribution in [-0.2, 0) is 6.54 Å². The van der Waals surface area contributed by atoms with Crippen LogP contribution in [0.15, 0.2) is 33.9 Å². The molecule has 1 rings (SSSR count). The first kappa shape index (κ1) is 12.6. The number of rotatable bonds is 4. The van der Waals surface area contributed by atoms with E-state index in [-0.39, 0.29) is 12.4 Å². The summed E-state index contributed by atoms with van der Waals surface area (Å²) < 4.78 is 5.12. The molecule has 13 heavy (non-hydrogen) atoms. The molecule has 1 N–H and O–H groups in total. The molecule has 0 fully saturated rings. The van der Waals surface area contributed by atoms with Crippen molar-refractivity contribution in [1.82, 2.24) is 5.32 Å². The second-order valence-corrected chi connectivity index (χ2v) is 3.10. The molecule has 0 aliphatic carbocycles. The van der Waals surface area contributed by atoms with Crippen LogP contribution in [0.1, 0.15) is 12.7 Å². The molecule has 0 atom stereocenters. The minimum Gasteiger partial charge on any atom is -0.468 e. The van der Waals surface area contributed by atoms with Gasteiger partial charge in [0, 0.05) is 11.6 Å². The average molecular weight is 222 g/mol. The molecule has 4 heteroatoms. The molecular formula is C9H13Cl2NO. The molecule has 2 nitrogen and oxygen atoms in total. The van der Waals surface area contributed by atoms with E-state index < -0.39 is 0 Å². The maximum absolute atomic E-state index is 5.64. The van der Waals surface area contributed by atoms with Gasteiger partial charge in [0.15, 0.2) is 0 Å². The summed E-state index contributed by atoms with van der Waals surface area (Å²) >= 11 is 5.64. The van der Waals surface area contributed by atoms with E-state index in [2.05, 4.69) is 5.32 Å². The molecule has 1 aromatic heterocycles. The van der Waals surface area contributed by atoms with Crippen LogP contribution in [0.25, 0.3) is 0 Å². The van der Waals surface area contributed by atoms with Gasteiger partial charge >= 0.3 is 0 Å². The molecule has 0 saturated carbocycles. The zero-order valence-corrected chi connectivity index (χ0v) is 8.99. The van der Waals surface area contributed by atoms with E-state index in [4.69, 9.17) is 16.0 Å². The van der Waals surface area contributed by atoms with Crippen molar-refractivity contribution in [1.29, 1.82) is 0 Å². The third-order valence-electron chi connectivity index (χ3n) is 1.41. The quantitative estimate of drug-likeness (QED) is 0.792. The van der Waals surface area contributed by atoms with Gasteiger partial charge in [-0.15, -0.1) is 12.4 Å². The van der Waals surface area contributed by atoms with E-state index in [1.807, 2.05) is 25.1 Å². The van der Waals surface area contributed by atoms with Crippen molar-refractivity contribution in [2.75, 3.05) is 6.54 Å². The van der Waals surface area contributed by atoms with E-state index >= 15 is 0 Å². The third-order valence-corrected chi connectivity index (χ3v) is 1.56. The molecule has 0 aliphatic heterocycles. The summed E-state index contributed by atoms with van der Waals surface area (Å²) in [5.74, 6) is 0.940. The van der Waals surface area contributed by atoms with Gasteiger partial charge in [-0.2, -0.15) is 0 Å². The average Bonchev–Trinajstić information content (AvgIpc) is 2.49. The van der Waals surface area contributed by atoms with Gasteiger partial charge in [0.1, 0.15) is 5.76 Å². The smallest absolute Gasteiger partial charge is 0.117 e. The Morgan fingerprint density at radius 2 is 2.46 bits per heavy atom. The Morgan fingerprint density at radius 3 is 3.00 bits per heavy atom. The van der Waals surface area contributed by atoms with Gasteiger partial charge in [0.25, 0.3) is 0 Å². The highest BCUT2D eigenvalue weighted by Crippen LogP contribution is 1.99. The molecule has 0 spiro atoms. The van der Waals surface area contributed by atoms with Crippen LogP contribution in [-0.4, -0.2) is 6.54 Å². The van der Waals surface area contributed by atoms with Gasteiger partial charge in [-0.05, 0) is 19.1 Å². The topological polar surface area (TPSA) is 25.2 Å². The maximum atomic E-state index is 5.64. The van der Waals surface area contributed by atoms with Gasteiger partial charge in [0.2, 0.25) is 0 Å². The zero-order chi connectivity index (χ0) is 8.81. The predicted molar refractivity (Wildman–Crippen MR) is 57.3 cm³/mol. The predicted octanol–water partition coefficient (Wildman–Crippen LogP) is 2.93. The molecule has 0 saturated heterocycles. The van der Waals surface area contributed by atoms with Crippen LogP contribution in [0.2, 0.25) is 0 Å². The van der Waals surface area contributed by atoms with Crippen molar-refractivity contribution in [2.45, 2.75) is 13.5 Å². The fourth-order valence-corrected chi connectivity index (χ4v) is 0.898. The highest BCUT2D eigenvalue weighted by Gasteiger charge is 1.91. The first-order chi connectivity index (χ1) is 5.79. The Hall–Kier alpha value is -0.440. The zero-order valence-electron chi connectivity index (χ0n) is 7.42. The molecule has 0 aromatic carbocycles. The summed E-state index contributed by atoms with van der Waals surface area (Å²) in [7, 11) is 0. The first-order valence-electron chi connectivity index (χ1n) is 3.84. The minimum absolute atomic E-state index is 0. The Balaban J connectivity index is 0.00000144. The van der Waals surface area contributed by atoms with Crippen LogP contribution in [0.5, 0.6) is 0 Å². The van der Waals surface area contributed by atoms with Gasteiger partial charge in [-0.1, -0.05) is 17.7 Å². The molecule has 0 radical (unpaired) electrons. The number of hydrogen-bond donors (Lipinski definition) is 1. The highest BCUT2D eigenvalue weighted by molar-refractivity contribution is 6.29. The lowest BCUT2D eigenvalue weighted by molar-refractivity contribution is 0.490. The van der Waals surface area contributed by atoms with Gasteiger partial charge in [-0.3, -0.25) is 0 Å². The summed E-state index contributed by atoms with van der Waals surface area (Å²) in [6.07, 6.45) is 3.59. The fraction of sp³-hybridized carbons (Fsp3) is 0.333. The second kappa shape index (κ2) is 7.01. The molecule has 1 aromatic rings. The van der Waals surface area contributed by atoms with E-state index in [0.717, 1.165) is 23.9 Å². The number of halogens is 2. The molecule has 0 aliphatic rings. The molecule has 0 bridgehead atoms. The minimum atomic E-state index is 0. The van der Waals surface area contributed by atoms with Crippen molar-refractivity contribution in [3.63, 3.8) is 0 Å². The van der Waals surface area contributed by atoms with Gasteiger partial charge < -0.3 is 9.73 Å². The van der Waals surface area contributed by atoms with E-state index in [0.29, 0.717) is 0 Å². The van der Waals surface area contributed by atoms with E-state index in [9.17, 15) is 0 Å². The lowest BCUT2D eigenvalue weighted by Crippen LogP contribution is -2.12. The van der Waals surface area contributed by atoms with Crippen molar-refractivity contribution >= 4 is 24.0 Å². The summed E-state index contributed by atoms with van der Waals surface area (Å²) in [5.41, 5.74) is 0. The third kappa shape index (κ3) is 5.75.